The molecule has 0 rings (SSSR count). The van der Waals surface area contributed by atoms with Crippen molar-refractivity contribution in [2.45, 2.75) is 66.7 Å². The molecule has 0 bridgehead atoms. The summed E-state index contributed by atoms with van der Waals surface area (Å²) in [6.07, 6.45) is 7.38. The van der Waals surface area contributed by atoms with Crippen molar-refractivity contribution in [1.82, 2.24) is 0 Å². The summed E-state index contributed by atoms with van der Waals surface area (Å²) in [5, 5.41) is 0. The average molecular weight is 333 g/mol. The molecule has 0 aromatic rings. The van der Waals surface area contributed by atoms with Crippen molar-refractivity contribution in [3.63, 3.8) is 0 Å². The van der Waals surface area contributed by atoms with Crippen molar-refractivity contribution in [1.29, 1.82) is 0 Å². The van der Waals surface area contributed by atoms with Crippen LogP contribution in [0.15, 0.2) is 9.85 Å². The minimum absolute atomic E-state index is 1.21. The van der Waals surface area contributed by atoms with Crippen LogP contribution in [0, 0.1) is 0 Å². The number of allylic oxidation sites excluding steroid dienone is 1. The molecule has 0 fully saturated rings. The monoisotopic (exact) mass is 334 g/mol. The molecule has 0 unspecified atom stereocenters. The van der Waals surface area contributed by atoms with Crippen LogP contribution in [0.25, 0.3) is 0 Å². The van der Waals surface area contributed by atoms with Crippen LogP contribution in [0.2, 0.25) is 13.3 Å². The molecule has 0 aliphatic heterocycles. The first-order valence-electron chi connectivity index (χ1n) is 6.93. The van der Waals surface area contributed by atoms with Crippen LogP contribution in [-0.2, 0) is 4.74 Å². The van der Waals surface area contributed by atoms with E-state index in [2.05, 4.69) is 34.0 Å². The summed E-state index contributed by atoms with van der Waals surface area (Å²) in [4.78, 5) is 0. The number of ether oxygens (including phenoxy) is 1. The summed E-state index contributed by atoms with van der Waals surface area (Å²) < 4.78 is 11.6. The first-order chi connectivity index (χ1) is 7.70. The van der Waals surface area contributed by atoms with Crippen molar-refractivity contribution in [3.8, 4) is 0 Å². The van der Waals surface area contributed by atoms with Gasteiger partial charge in [0.25, 0.3) is 0 Å². The van der Waals surface area contributed by atoms with Gasteiger partial charge < -0.3 is 0 Å². The van der Waals surface area contributed by atoms with E-state index in [0.717, 1.165) is 0 Å². The molecule has 1 nitrogen and oxygen atoms in total. The predicted molar refractivity (Wildman–Crippen MR) is 76.4 cm³/mol. The molecule has 16 heavy (non-hydrogen) atoms. The molecule has 0 aromatic heterocycles. The molecule has 0 N–H and O–H groups in total. The van der Waals surface area contributed by atoms with Gasteiger partial charge in [0, 0.05) is 0 Å². The first-order valence-corrected chi connectivity index (χ1v) is 14.4. The summed E-state index contributed by atoms with van der Waals surface area (Å²) >= 11 is -2.04. The Morgan fingerprint density at radius 3 is 1.62 bits per heavy atom. The molecule has 0 aliphatic carbocycles. The van der Waals surface area contributed by atoms with Gasteiger partial charge in [-0.05, 0) is 0 Å². The number of hydrogen-bond acceptors (Lipinski definition) is 1. The van der Waals surface area contributed by atoms with Crippen LogP contribution in [-0.4, -0.2) is 25.5 Å². The third kappa shape index (κ3) is 4.68. The van der Waals surface area contributed by atoms with Gasteiger partial charge in [0.15, 0.2) is 0 Å². The molecule has 2 heteroatoms. The van der Waals surface area contributed by atoms with Crippen molar-refractivity contribution < 1.29 is 4.74 Å². The van der Waals surface area contributed by atoms with Gasteiger partial charge in [0.05, 0.1) is 0 Å². The normalized spacial score (nSPS) is 12.9. The predicted octanol–water partition coefficient (Wildman–Crippen LogP) is 5.14. The fourth-order valence-corrected chi connectivity index (χ4v) is 19.3. The van der Waals surface area contributed by atoms with E-state index in [-0.39, 0.29) is 0 Å². The second-order valence-corrected chi connectivity index (χ2v) is 18.2. The third-order valence-corrected chi connectivity index (χ3v) is 21.2. The van der Waals surface area contributed by atoms with E-state index in [1.807, 2.05) is 0 Å². The number of hydrogen-bond donors (Lipinski definition) is 0. The van der Waals surface area contributed by atoms with E-state index in [1.165, 1.54) is 39.0 Å². The second-order valence-electron chi connectivity index (χ2n) is 4.76. The van der Waals surface area contributed by atoms with Gasteiger partial charge in [0.2, 0.25) is 0 Å². The van der Waals surface area contributed by atoms with Gasteiger partial charge in [-0.2, -0.15) is 0 Å². The van der Waals surface area contributed by atoms with E-state index >= 15 is 0 Å². The van der Waals surface area contributed by atoms with E-state index in [9.17, 15) is 0 Å². The molecule has 0 saturated heterocycles. The van der Waals surface area contributed by atoms with Crippen molar-refractivity contribution in [2.24, 2.45) is 0 Å². The van der Waals surface area contributed by atoms with Crippen molar-refractivity contribution in [2.75, 3.05) is 7.11 Å². The Morgan fingerprint density at radius 2 is 1.38 bits per heavy atom. The zero-order valence-corrected chi connectivity index (χ0v) is 14.8. The van der Waals surface area contributed by atoms with Crippen LogP contribution >= 0.6 is 0 Å². The molecule has 0 aliphatic rings. The Morgan fingerprint density at radius 1 is 0.938 bits per heavy atom. The van der Waals surface area contributed by atoms with Crippen molar-refractivity contribution in [3.05, 3.63) is 9.85 Å². The molecule has 0 heterocycles. The quantitative estimate of drug-likeness (QED) is 0.419. The summed E-state index contributed by atoms with van der Waals surface area (Å²) in [5.41, 5.74) is 0. The molecule has 0 aromatic carbocycles. The second kappa shape index (κ2) is 9.38. The maximum atomic E-state index is 5.33. The Kier molecular flexibility index (Phi) is 9.58. The Labute approximate surface area is 107 Å². The minimum atomic E-state index is -2.04. The fourth-order valence-electron chi connectivity index (χ4n) is 3.02. The zero-order valence-electron chi connectivity index (χ0n) is 11.9. The van der Waals surface area contributed by atoms with Crippen LogP contribution in [0.3, 0.4) is 0 Å². The SMILES string of the molecule is CC[CH2][Sn]([CH2]CC)([CH2]CC)[C](=COC)CC. The molecule has 0 atom stereocenters. The topological polar surface area (TPSA) is 9.23 Å². The average Bonchev–Trinajstić information content (AvgIpc) is 2.26. The summed E-state index contributed by atoms with van der Waals surface area (Å²) in [6, 6.07) is 0. The number of methoxy groups -OCH3 is 1. The van der Waals surface area contributed by atoms with Gasteiger partial charge in [0.1, 0.15) is 0 Å². The molecule has 96 valence electrons. The van der Waals surface area contributed by atoms with Crippen LogP contribution in [0.4, 0.5) is 0 Å². The summed E-state index contributed by atoms with van der Waals surface area (Å²) in [6.45, 7) is 9.34. The van der Waals surface area contributed by atoms with Gasteiger partial charge >= 0.3 is 107 Å². The van der Waals surface area contributed by atoms with Crippen LogP contribution in [0.5, 0.6) is 0 Å². The van der Waals surface area contributed by atoms with E-state index in [1.54, 1.807) is 10.7 Å². The third-order valence-electron chi connectivity index (χ3n) is 3.51. The van der Waals surface area contributed by atoms with Gasteiger partial charge in [-0.25, -0.2) is 0 Å². The molecular weight excluding hydrogens is 303 g/mol. The maximum absolute atomic E-state index is 5.33. The first kappa shape index (κ1) is 16.3. The molecule has 0 spiro atoms. The molecular formula is C14H30OSn. The summed E-state index contributed by atoms with van der Waals surface area (Å²) in [7, 11) is 1.80. The van der Waals surface area contributed by atoms with Crippen molar-refractivity contribution >= 4 is 18.4 Å². The number of rotatable bonds is 9. The Hall–Kier alpha value is 0.339. The van der Waals surface area contributed by atoms with Gasteiger partial charge in [-0.1, -0.05) is 0 Å². The van der Waals surface area contributed by atoms with E-state index in [0.29, 0.717) is 0 Å². The van der Waals surface area contributed by atoms with Crippen LogP contribution in [0.1, 0.15) is 53.4 Å². The zero-order chi connectivity index (χ0) is 12.4. The van der Waals surface area contributed by atoms with Crippen LogP contribution < -0.4 is 0 Å². The molecule has 0 radical (unpaired) electrons. The Balaban J connectivity index is 5.01. The molecule has 0 saturated carbocycles. The standard InChI is InChI=1S/C5H9O.3C3H7.Sn/c1-3-4-5-6-2;3*1-3-2;/h5H,3H2,1-2H3;3*1,3H2,2H3;. The fraction of sp³-hybridized carbons (Fsp3) is 0.857. The van der Waals surface area contributed by atoms with E-state index in [4.69, 9.17) is 4.74 Å². The van der Waals surface area contributed by atoms with E-state index < -0.39 is 18.4 Å². The van der Waals surface area contributed by atoms with Gasteiger partial charge in [-0.15, -0.1) is 0 Å². The van der Waals surface area contributed by atoms with Gasteiger partial charge in [-0.3, -0.25) is 0 Å². The summed E-state index contributed by atoms with van der Waals surface area (Å²) in [5.74, 6) is 0. The Bertz CT molecular complexity index is 182. The molecule has 0 amide bonds.